The van der Waals surface area contributed by atoms with Crippen molar-refractivity contribution < 1.29 is 4.79 Å². The quantitative estimate of drug-likeness (QED) is 0.758. The van der Waals surface area contributed by atoms with Crippen LogP contribution in [0.5, 0.6) is 0 Å². The maximum atomic E-state index is 12.2. The minimum absolute atomic E-state index is 0.133. The Hall–Kier alpha value is -3.03. The van der Waals surface area contributed by atoms with E-state index in [-0.39, 0.29) is 18.0 Å². The van der Waals surface area contributed by atoms with Gasteiger partial charge in [0, 0.05) is 13.2 Å². The summed E-state index contributed by atoms with van der Waals surface area (Å²) in [5.74, 6) is 0.0996. The fourth-order valence-corrected chi connectivity index (χ4v) is 2.06. The van der Waals surface area contributed by atoms with Crippen LogP contribution in [0.15, 0.2) is 35.6 Å². The summed E-state index contributed by atoms with van der Waals surface area (Å²) in [6.45, 7) is 1.78. The van der Waals surface area contributed by atoms with Crippen molar-refractivity contribution in [3.05, 3.63) is 46.8 Å². The zero-order chi connectivity index (χ0) is 15.7. The van der Waals surface area contributed by atoms with E-state index in [1.165, 1.54) is 21.8 Å². The molecule has 1 N–H and O–H groups in total. The number of amides is 1. The number of rotatable bonds is 3. The molecular formula is C14H14N6O2. The second kappa shape index (κ2) is 5.40. The number of hydrogen-bond acceptors (Lipinski definition) is 5. The monoisotopic (exact) mass is 298 g/mol. The SMILES string of the molecule is Cc1ccc(NC(=O)Cn2cnc3c(cnn3C)c2=O)nc1. The second-order valence-electron chi connectivity index (χ2n) is 4.95. The molecule has 8 nitrogen and oxygen atoms in total. The topological polar surface area (TPSA) is 94.7 Å². The van der Waals surface area contributed by atoms with E-state index < -0.39 is 0 Å². The van der Waals surface area contributed by atoms with E-state index in [0.717, 1.165) is 5.56 Å². The molecule has 0 saturated carbocycles. The molecule has 1 amide bonds. The summed E-state index contributed by atoms with van der Waals surface area (Å²) < 4.78 is 2.75. The Labute approximate surface area is 125 Å². The molecule has 0 unspecified atom stereocenters. The highest BCUT2D eigenvalue weighted by atomic mass is 16.2. The Morgan fingerprint density at radius 2 is 2.09 bits per heavy atom. The lowest BCUT2D eigenvalue weighted by Gasteiger charge is -2.06. The molecule has 22 heavy (non-hydrogen) atoms. The molecule has 0 spiro atoms. The largest absolute Gasteiger partial charge is 0.309 e. The van der Waals surface area contributed by atoms with E-state index in [1.54, 1.807) is 19.3 Å². The minimum Gasteiger partial charge on any atom is -0.309 e. The van der Waals surface area contributed by atoms with Crippen LogP contribution in [0.3, 0.4) is 0 Å². The van der Waals surface area contributed by atoms with Crippen LogP contribution in [0.25, 0.3) is 11.0 Å². The number of hydrogen-bond donors (Lipinski definition) is 1. The zero-order valence-corrected chi connectivity index (χ0v) is 12.1. The fraction of sp³-hybridized carbons (Fsp3) is 0.214. The highest BCUT2D eigenvalue weighted by molar-refractivity contribution is 5.89. The molecule has 3 rings (SSSR count). The molecule has 3 aromatic heterocycles. The van der Waals surface area contributed by atoms with Gasteiger partial charge in [-0.05, 0) is 18.6 Å². The Morgan fingerprint density at radius 1 is 1.27 bits per heavy atom. The minimum atomic E-state index is -0.344. The van der Waals surface area contributed by atoms with Crippen LogP contribution in [0.1, 0.15) is 5.56 Å². The number of nitrogens with zero attached hydrogens (tertiary/aromatic N) is 5. The van der Waals surface area contributed by atoms with Crippen LogP contribution in [0, 0.1) is 6.92 Å². The van der Waals surface area contributed by atoms with Gasteiger partial charge in [0.25, 0.3) is 5.56 Å². The lowest BCUT2D eigenvalue weighted by Crippen LogP contribution is -2.28. The normalized spacial score (nSPS) is 10.8. The van der Waals surface area contributed by atoms with Crippen molar-refractivity contribution in [2.24, 2.45) is 7.05 Å². The molecule has 0 atom stereocenters. The molecule has 3 aromatic rings. The van der Waals surface area contributed by atoms with E-state index in [4.69, 9.17) is 0 Å². The van der Waals surface area contributed by atoms with Crippen molar-refractivity contribution in [2.45, 2.75) is 13.5 Å². The van der Waals surface area contributed by atoms with Gasteiger partial charge in [-0.25, -0.2) is 9.97 Å². The lowest BCUT2D eigenvalue weighted by molar-refractivity contribution is -0.116. The van der Waals surface area contributed by atoms with Crippen LogP contribution < -0.4 is 10.9 Å². The third kappa shape index (κ3) is 2.58. The van der Waals surface area contributed by atoms with Crippen LogP contribution in [-0.4, -0.2) is 30.2 Å². The number of nitrogens with one attached hydrogen (secondary N) is 1. The van der Waals surface area contributed by atoms with Gasteiger partial charge in [-0.1, -0.05) is 6.07 Å². The maximum absolute atomic E-state index is 12.2. The number of carbonyl (C=O) groups excluding carboxylic acids is 1. The third-order valence-electron chi connectivity index (χ3n) is 3.21. The Kier molecular flexibility index (Phi) is 3.42. The summed E-state index contributed by atoms with van der Waals surface area (Å²) in [6, 6.07) is 3.55. The first-order valence-corrected chi connectivity index (χ1v) is 6.64. The summed E-state index contributed by atoms with van der Waals surface area (Å²) in [4.78, 5) is 32.5. The molecule has 0 saturated heterocycles. The van der Waals surface area contributed by atoms with Gasteiger partial charge in [-0.3, -0.25) is 18.8 Å². The summed E-state index contributed by atoms with van der Waals surface area (Å²) in [5.41, 5.74) is 1.19. The first-order chi connectivity index (χ1) is 10.5. The van der Waals surface area contributed by atoms with Crippen LogP contribution >= 0.6 is 0 Å². The van der Waals surface area contributed by atoms with Crippen molar-refractivity contribution in [1.29, 1.82) is 0 Å². The van der Waals surface area contributed by atoms with Crippen molar-refractivity contribution in [3.63, 3.8) is 0 Å². The molecule has 3 heterocycles. The van der Waals surface area contributed by atoms with Gasteiger partial charge >= 0.3 is 0 Å². The zero-order valence-electron chi connectivity index (χ0n) is 12.1. The third-order valence-corrected chi connectivity index (χ3v) is 3.21. The number of fused-ring (bicyclic) bond motifs is 1. The van der Waals surface area contributed by atoms with Crippen LogP contribution in [-0.2, 0) is 18.4 Å². The van der Waals surface area contributed by atoms with E-state index in [0.29, 0.717) is 16.9 Å². The summed E-state index contributed by atoms with van der Waals surface area (Å²) in [5, 5.41) is 7.00. The Balaban J connectivity index is 1.80. The van der Waals surface area contributed by atoms with Gasteiger partial charge in [0.1, 0.15) is 24.1 Å². The van der Waals surface area contributed by atoms with E-state index in [2.05, 4.69) is 20.4 Å². The smallest absolute Gasteiger partial charge is 0.264 e. The molecule has 112 valence electrons. The number of pyridine rings is 1. The molecule has 0 bridgehead atoms. The number of aryl methyl sites for hydroxylation is 2. The molecule has 8 heteroatoms. The van der Waals surface area contributed by atoms with Crippen molar-refractivity contribution >= 4 is 22.8 Å². The van der Waals surface area contributed by atoms with E-state index >= 15 is 0 Å². The molecule has 0 radical (unpaired) electrons. The Morgan fingerprint density at radius 3 is 2.82 bits per heavy atom. The van der Waals surface area contributed by atoms with Gasteiger partial charge in [-0.15, -0.1) is 0 Å². The molecule has 0 fully saturated rings. The van der Waals surface area contributed by atoms with Crippen molar-refractivity contribution in [2.75, 3.05) is 5.32 Å². The van der Waals surface area contributed by atoms with E-state index in [9.17, 15) is 9.59 Å². The number of carbonyl (C=O) groups is 1. The fourth-order valence-electron chi connectivity index (χ4n) is 2.06. The second-order valence-corrected chi connectivity index (χ2v) is 4.95. The molecule has 0 aliphatic heterocycles. The molecular weight excluding hydrogens is 284 g/mol. The lowest BCUT2D eigenvalue weighted by atomic mass is 10.3. The first kappa shape index (κ1) is 13.9. The summed E-state index contributed by atoms with van der Waals surface area (Å²) in [6.07, 6.45) is 4.44. The maximum Gasteiger partial charge on any atom is 0.264 e. The highest BCUT2D eigenvalue weighted by Crippen LogP contribution is 2.05. The summed E-state index contributed by atoms with van der Waals surface area (Å²) in [7, 11) is 1.70. The predicted octanol–water partition coefficient (Wildman–Crippen LogP) is 0.472. The van der Waals surface area contributed by atoms with Crippen LogP contribution in [0.2, 0.25) is 0 Å². The van der Waals surface area contributed by atoms with Gasteiger partial charge in [-0.2, -0.15) is 5.10 Å². The van der Waals surface area contributed by atoms with Crippen molar-refractivity contribution in [1.82, 2.24) is 24.3 Å². The number of aromatic nitrogens is 5. The number of anilines is 1. The molecule has 0 aromatic carbocycles. The molecule has 0 aliphatic carbocycles. The van der Waals surface area contributed by atoms with Gasteiger partial charge in [0.05, 0.1) is 6.20 Å². The first-order valence-electron chi connectivity index (χ1n) is 6.64. The standard InChI is InChI=1S/C14H14N6O2/c1-9-3-4-11(15-5-9)18-12(21)7-20-8-16-13-10(14(20)22)6-17-19(13)2/h3-6,8H,7H2,1-2H3,(H,15,18,21). The van der Waals surface area contributed by atoms with E-state index in [1.807, 2.05) is 13.0 Å². The molecule has 0 aliphatic rings. The Bertz CT molecular complexity index is 894. The average Bonchev–Trinajstić information content (AvgIpc) is 2.87. The predicted molar refractivity (Wildman–Crippen MR) is 80.4 cm³/mol. The summed E-state index contributed by atoms with van der Waals surface area (Å²) >= 11 is 0. The van der Waals surface area contributed by atoms with Gasteiger partial charge < -0.3 is 5.32 Å². The van der Waals surface area contributed by atoms with Crippen LogP contribution in [0.4, 0.5) is 5.82 Å². The van der Waals surface area contributed by atoms with Crippen molar-refractivity contribution in [3.8, 4) is 0 Å². The average molecular weight is 298 g/mol. The van der Waals surface area contributed by atoms with Gasteiger partial charge in [0.2, 0.25) is 5.91 Å². The highest BCUT2D eigenvalue weighted by Gasteiger charge is 2.11. The van der Waals surface area contributed by atoms with Gasteiger partial charge in [0.15, 0.2) is 5.65 Å².